The second kappa shape index (κ2) is 6.85. The van der Waals surface area contributed by atoms with Crippen molar-refractivity contribution in [3.05, 3.63) is 11.6 Å². The maximum Gasteiger partial charge on any atom is 0.305 e. The summed E-state index contributed by atoms with van der Waals surface area (Å²) in [6.07, 6.45) is 7.10. The summed E-state index contributed by atoms with van der Waals surface area (Å²) in [6, 6.07) is 0. The molecule has 27 heavy (non-hydrogen) atoms. The van der Waals surface area contributed by atoms with Crippen LogP contribution < -0.4 is 0 Å². The van der Waals surface area contributed by atoms with Crippen LogP contribution in [0.2, 0.25) is 0 Å². The molecular weight excluding hydrogens is 344 g/mol. The number of methoxy groups -OCH3 is 1. The SMILES string of the molecule is CCC(=O)OC1COC2C3C(CC[C@]12C)[C@@]1(C)CC[C@H](OC)CC1=C[C@@H]3O. The summed E-state index contributed by atoms with van der Waals surface area (Å²) in [5.74, 6) is 0.315. The molecule has 0 aromatic heterocycles. The standard InChI is InChI=1S/C22H34O5/c1-5-18(24)27-17-12-26-20-19-15(7-9-22(17,20)3)21(2)8-6-14(25-4)10-13(21)11-16(19)23/h11,14-17,19-20,23H,5-10,12H2,1-4H3/t14-,15?,16-,17?,19?,20?,21-,22+/m0/s1. The predicted molar refractivity (Wildman–Crippen MR) is 101 cm³/mol. The molecule has 0 aromatic rings. The number of aliphatic hydroxyl groups excluding tert-OH is 1. The zero-order valence-corrected chi connectivity index (χ0v) is 17.1. The molecule has 5 nitrogen and oxygen atoms in total. The largest absolute Gasteiger partial charge is 0.459 e. The molecule has 152 valence electrons. The molecule has 3 aliphatic carbocycles. The summed E-state index contributed by atoms with van der Waals surface area (Å²) < 4.78 is 17.6. The van der Waals surface area contributed by atoms with Crippen molar-refractivity contribution in [3.8, 4) is 0 Å². The molecule has 0 bridgehead atoms. The van der Waals surface area contributed by atoms with Gasteiger partial charge in [0.15, 0.2) is 0 Å². The first-order valence-electron chi connectivity index (χ1n) is 10.6. The Hall–Kier alpha value is -0.910. The first kappa shape index (κ1) is 19.4. The number of rotatable bonds is 3. The topological polar surface area (TPSA) is 65.0 Å². The van der Waals surface area contributed by atoms with Crippen molar-refractivity contribution in [3.63, 3.8) is 0 Å². The van der Waals surface area contributed by atoms with E-state index in [1.54, 1.807) is 7.11 Å². The fourth-order valence-electron chi connectivity index (χ4n) is 6.45. The van der Waals surface area contributed by atoms with E-state index in [1.807, 2.05) is 6.92 Å². The van der Waals surface area contributed by atoms with Gasteiger partial charge < -0.3 is 19.3 Å². The Labute approximate surface area is 162 Å². The van der Waals surface area contributed by atoms with E-state index in [-0.39, 0.29) is 41.0 Å². The minimum absolute atomic E-state index is 0.0596. The van der Waals surface area contributed by atoms with Crippen LogP contribution in [0.4, 0.5) is 0 Å². The Morgan fingerprint density at radius 3 is 2.81 bits per heavy atom. The first-order valence-corrected chi connectivity index (χ1v) is 10.6. The number of fused-ring (bicyclic) bond motifs is 5. The monoisotopic (exact) mass is 378 g/mol. The molecule has 4 unspecified atom stereocenters. The van der Waals surface area contributed by atoms with E-state index in [0.717, 1.165) is 32.1 Å². The van der Waals surface area contributed by atoms with Gasteiger partial charge in [-0.3, -0.25) is 4.79 Å². The van der Waals surface area contributed by atoms with Crippen molar-refractivity contribution in [2.75, 3.05) is 13.7 Å². The van der Waals surface area contributed by atoms with Crippen LogP contribution in [0.15, 0.2) is 11.6 Å². The number of aliphatic hydroxyl groups is 1. The minimum Gasteiger partial charge on any atom is -0.459 e. The van der Waals surface area contributed by atoms with Gasteiger partial charge in [0.25, 0.3) is 0 Å². The lowest BCUT2D eigenvalue weighted by Crippen LogP contribution is -2.58. The van der Waals surface area contributed by atoms with Crippen LogP contribution in [0.5, 0.6) is 0 Å². The Morgan fingerprint density at radius 2 is 2.11 bits per heavy atom. The van der Waals surface area contributed by atoms with Crippen LogP contribution >= 0.6 is 0 Å². The van der Waals surface area contributed by atoms with Gasteiger partial charge in [-0.1, -0.05) is 32.4 Å². The lowest BCUT2D eigenvalue weighted by Gasteiger charge is -2.58. The van der Waals surface area contributed by atoms with E-state index in [2.05, 4.69) is 19.9 Å². The Kier molecular flexibility index (Phi) is 4.93. The molecule has 0 amide bonds. The van der Waals surface area contributed by atoms with Crippen molar-refractivity contribution in [2.45, 2.75) is 83.7 Å². The Bertz CT molecular complexity index is 630. The van der Waals surface area contributed by atoms with Crippen LogP contribution in [0.25, 0.3) is 0 Å². The zero-order valence-electron chi connectivity index (χ0n) is 17.1. The summed E-state index contributed by atoms with van der Waals surface area (Å²) in [4.78, 5) is 11.9. The maximum atomic E-state index is 11.9. The lowest BCUT2D eigenvalue weighted by atomic mass is 9.49. The van der Waals surface area contributed by atoms with E-state index in [0.29, 0.717) is 18.9 Å². The van der Waals surface area contributed by atoms with Gasteiger partial charge >= 0.3 is 5.97 Å². The van der Waals surface area contributed by atoms with Crippen LogP contribution in [-0.4, -0.2) is 49.2 Å². The van der Waals surface area contributed by atoms with E-state index in [4.69, 9.17) is 14.2 Å². The fraction of sp³-hybridized carbons (Fsp3) is 0.864. The average Bonchev–Trinajstić information content (AvgIpc) is 2.98. The second-order valence-electron chi connectivity index (χ2n) is 9.51. The smallest absolute Gasteiger partial charge is 0.305 e. The number of carbonyl (C=O) groups excluding carboxylic acids is 1. The predicted octanol–water partition coefficient (Wildman–Crippen LogP) is 3.25. The molecule has 8 atom stereocenters. The number of ether oxygens (including phenoxy) is 3. The van der Waals surface area contributed by atoms with Crippen LogP contribution in [0.3, 0.4) is 0 Å². The molecule has 1 saturated heterocycles. The highest BCUT2D eigenvalue weighted by atomic mass is 16.6. The number of hydrogen-bond acceptors (Lipinski definition) is 5. The third kappa shape index (κ3) is 2.89. The molecule has 4 aliphatic rings. The summed E-state index contributed by atoms with van der Waals surface area (Å²) in [7, 11) is 1.78. The van der Waals surface area contributed by atoms with E-state index in [9.17, 15) is 9.90 Å². The van der Waals surface area contributed by atoms with E-state index < -0.39 is 6.10 Å². The van der Waals surface area contributed by atoms with Crippen LogP contribution in [0.1, 0.15) is 59.3 Å². The summed E-state index contributed by atoms with van der Waals surface area (Å²) >= 11 is 0. The number of esters is 1. The van der Waals surface area contributed by atoms with Gasteiger partial charge in [0, 0.05) is 24.9 Å². The third-order valence-electron chi connectivity index (χ3n) is 8.27. The lowest BCUT2D eigenvalue weighted by molar-refractivity contribution is -0.159. The van der Waals surface area contributed by atoms with Crippen LogP contribution in [-0.2, 0) is 19.0 Å². The highest BCUT2D eigenvalue weighted by Crippen LogP contribution is 2.62. The van der Waals surface area contributed by atoms with Crippen molar-refractivity contribution in [1.29, 1.82) is 0 Å². The minimum atomic E-state index is -0.501. The molecule has 0 radical (unpaired) electrons. The van der Waals surface area contributed by atoms with Crippen molar-refractivity contribution in [2.24, 2.45) is 22.7 Å². The fourth-order valence-corrected chi connectivity index (χ4v) is 6.45. The molecule has 4 rings (SSSR count). The van der Waals surface area contributed by atoms with Gasteiger partial charge in [0.05, 0.1) is 24.9 Å². The van der Waals surface area contributed by atoms with E-state index >= 15 is 0 Å². The Balaban J connectivity index is 1.62. The average molecular weight is 379 g/mol. The molecule has 5 heteroatoms. The van der Waals surface area contributed by atoms with Crippen LogP contribution in [0, 0.1) is 22.7 Å². The molecule has 1 N–H and O–H groups in total. The first-order chi connectivity index (χ1) is 12.8. The quantitative estimate of drug-likeness (QED) is 0.603. The summed E-state index contributed by atoms with van der Waals surface area (Å²) in [6.45, 7) is 6.83. The van der Waals surface area contributed by atoms with Gasteiger partial charge in [-0.15, -0.1) is 0 Å². The van der Waals surface area contributed by atoms with Gasteiger partial charge in [-0.2, -0.15) is 0 Å². The van der Waals surface area contributed by atoms with Gasteiger partial charge in [0.2, 0.25) is 0 Å². The molecule has 2 saturated carbocycles. The number of carbonyl (C=O) groups is 1. The van der Waals surface area contributed by atoms with Crippen molar-refractivity contribution >= 4 is 5.97 Å². The highest BCUT2D eigenvalue weighted by Gasteiger charge is 2.62. The molecule has 3 fully saturated rings. The van der Waals surface area contributed by atoms with E-state index in [1.165, 1.54) is 5.57 Å². The maximum absolute atomic E-state index is 11.9. The number of hydrogen-bond donors (Lipinski definition) is 1. The molecule has 1 heterocycles. The molecule has 0 aromatic carbocycles. The van der Waals surface area contributed by atoms with Gasteiger partial charge in [-0.25, -0.2) is 0 Å². The molecule has 1 aliphatic heterocycles. The molecular formula is C22H34O5. The van der Waals surface area contributed by atoms with Gasteiger partial charge in [0.1, 0.15) is 6.10 Å². The van der Waals surface area contributed by atoms with Crippen molar-refractivity contribution in [1.82, 2.24) is 0 Å². The highest BCUT2D eigenvalue weighted by molar-refractivity contribution is 5.69. The van der Waals surface area contributed by atoms with Gasteiger partial charge in [-0.05, 0) is 43.4 Å². The summed E-state index contributed by atoms with van der Waals surface area (Å²) in [5.41, 5.74) is 1.27. The molecule has 0 spiro atoms. The second-order valence-corrected chi connectivity index (χ2v) is 9.51. The normalized spacial score (nSPS) is 48.9. The van der Waals surface area contributed by atoms with Crippen molar-refractivity contribution < 1.29 is 24.1 Å². The third-order valence-corrected chi connectivity index (χ3v) is 8.27. The summed E-state index contributed by atoms with van der Waals surface area (Å²) in [5, 5.41) is 11.1. The zero-order chi connectivity index (χ0) is 19.4. The Morgan fingerprint density at radius 1 is 1.33 bits per heavy atom.